The molecule has 0 radical (unpaired) electrons. The number of Topliss-reactive ketones (excluding diaryl/α,β-unsaturated/α-hetero) is 1. The van der Waals surface area contributed by atoms with Crippen molar-refractivity contribution in [2.75, 3.05) is 6.26 Å². The Labute approximate surface area is 242 Å². The molecule has 7 rings (SSSR count). The second-order valence-electron chi connectivity index (χ2n) is 15.7. The fourth-order valence-corrected chi connectivity index (χ4v) is 12.6. The fraction of sp³-hybridized carbons (Fsp3) is 0.774. The highest BCUT2D eigenvalue weighted by atomic mass is 32.2. The minimum atomic E-state index is -3.25. The molecule has 4 fully saturated rings. The zero-order chi connectivity index (χ0) is 29.6. The van der Waals surface area contributed by atoms with Crippen LogP contribution >= 0.6 is 0 Å². The summed E-state index contributed by atoms with van der Waals surface area (Å²) >= 11 is 0. The summed E-state index contributed by atoms with van der Waals surface area (Å²) in [5.74, 6) is 0.120. The quantitative estimate of drug-likeness (QED) is 0.347. The molecule has 0 bridgehead atoms. The molecule has 0 aromatic heterocycles. The van der Waals surface area contributed by atoms with E-state index in [0.717, 1.165) is 50.7 Å². The van der Waals surface area contributed by atoms with Crippen LogP contribution < -0.4 is 4.72 Å². The smallest absolute Gasteiger partial charge is 0.201 e. The Bertz CT molecular complexity index is 1590. The fourth-order valence-electron chi connectivity index (χ4n) is 11.2. The Morgan fingerprint density at radius 2 is 1.76 bits per heavy atom. The Morgan fingerprint density at radius 1 is 1.10 bits per heavy atom. The Kier molecular flexibility index (Phi) is 5.07. The number of hydrogen-bond donors (Lipinski definition) is 1. The van der Waals surface area contributed by atoms with Crippen LogP contribution in [-0.2, 0) is 14.7 Å². The van der Waals surface area contributed by atoms with Crippen LogP contribution in [0.4, 0.5) is 0 Å². The van der Waals surface area contributed by atoms with E-state index in [-0.39, 0.29) is 34.0 Å². The van der Waals surface area contributed by atoms with Crippen LogP contribution in [-0.4, -0.2) is 38.1 Å². The molecule has 220 valence electrons. The average Bonchev–Trinajstić information content (AvgIpc) is 3.78. The molecule has 9 nitrogen and oxygen atoms in total. The molecular weight excluding hydrogens is 538 g/mol. The van der Waals surface area contributed by atoms with Crippen LogP contribution in [0.1, 0.15) is 92.4 Å². The molecule has 1 aliphatic heterocycles. The van der Waals surface area contributed by atoms with Crippen molar-refractivity contribution < 1.29 is 14.0 Å². The molecule has 4 saturated carbocycles. The van der Waals surface area contributed by atoms with Gasteiger partial charge in [0.05, 0.1) is 11.3 Å². The number of ketones is 1. The zero-order valence-electron chi connectivity index (χ0n) is 25.0. The van der Waals surface area contributed by atoms with Crippen molar-refractivity contribution in [1.29, 1.82) is 5.26 Å². The molecule has 0 aromatic carbocycles. The molecule has 0 amide bonds. The van der Waals surface area contributed by atoms with Crippen LogP contribution in [0.2, 0.25) is 0 Å². The van der Waals surface area contributed by atoms with E-state index >= 15 is 0 Å². The summed E-state index contributed by atoms with van der Waals surface area (Å²) in [7, 11) is -3.25. The third-order valence-electron chi connectivity index (χ3n) is 13.6. The molecule has 1 heterocycles. The first-order valence-corrected chi connectivity index (χ1v) is 17.0. The Morgan fingerprint density at radius 3 is 2.39 bits per heavy atom. The normalized spacial score (nSPS) is 47.3. The van der Waals surface area contributed by atoms with Crippen molar-refractivity contribution >= 4 is 21.4 Å². The van der Waals surface area contributed by atoms with E-state index in [4.69, 9.17) is 4.99 Å². The highest BCUT2D eigenvalue weighted by Gasteiger charge is 2.80. The van der Waals surface area contributed by atoms with Gasteiger partial charge in [-0.15, -0.1) is 0 Å². The number of nitrogens with zero attached hydrogens (tertiary/aromatic N) is 4. The number of allylic oxidation sites excluding steroid dienone is 3. The van der Waals surface area contributed by atoms with Crippen molar-refractivity contribution in [3.05, 3.63) is 33.4 Å². The lowest BCUT2D eigenvalue weighted by molar-refractivity contribution is -0.482. The van der Waals surface area contributed by atoms with Crippen molar-refractivity contribution in [3.8, 4) is 6.07 Å². The van der Waals surface area contributed by atoms with E-state index in [1.54, 1.807) is 0 Å². The maximum absolute atomic E-state index is 13.5. The largest absolute Gasteiger partial charge is 0.293 e. The summed E-state index contributed by atoms with van der Waals surface area (Å²) < 4.78 is 20.2. The highest BCUT2D eigenvalue weighted by molar-refractivity contribution is 7.90. The molecule has 0 aromatic rings. The number of carbonyl (C=O) groups is 1. The molecule has 6 aliphatic carbocycles. The van der Waals surface area contributed by atoms with Gasteiger partial charge >= 0.3 is 0 Å². The predicted octanol–water partition coefficient (Wildman–Crippen LogP) is 5.51. The summed E-state index contributed by atoms with van der Waals surface area (Å²) in [4.78, 5) is 30.0. The van der Waals surface area contributed by atoms with E-state index in [1.165, 1.54) is 24.7 Å². The third-order valence-corrected chi connectivity index (χ3v) is 14.9. The molecule has 1 unspecified atom stereocenters. The monoisotopic (exact) mass is 579 g/mol. The number of carbonyl (C=O) groups excluding carboxylic acids is 1. The maximum Gasteiger partial charge on any atom is 0.201 e. The standard InChI is InChI=1S/C31H41N5O4S/c1-25(2)20-7-8-27(4)21(26(20,3)16-19(18-32)24(25)37)15-23-31(33-23)22-17-29(10-11-29)12-14-30(22,13-9-28(27,31)5)34-41(6,40)35-36(38)39/h15-16,20,22H,7-14,17H2,1-6H3,(H,34,35,40)/t20-,22+,26-,27+,28-,30+,31+,41?/m0/s1. The molecule has 10 heteroatoms. The number of hydrogen-bond acceptors (Lipinski definition) is 6. The van der Waals surface area contributed by atoms with Gasteiger partial charge in [0, 0.05) is 34.0 Å². The van der Waals surface area contributed by atoms with Gasteiger partial charge in [-0.2, -0.15) is 5.26 Å². The minimum absolute atomic E-state index is 0.0550. The van der Waals surface area contributed by atoms with Gasteiger partial charge in [-0.25, -0.2) is 19.0 Å². The zero-order valence-corrected chi connectivity index (χ0v) is 25.8. The lowest BCUT2D eigenvalue weighted by atomic mass is 9.35. The van der Waals surface area contributed by atoms with Gasteiger partial charge < -0.3 is 0 Å². The lowest BCUT2D eigenvalue weighted by Crippen LogP contribution is -2.72. The second kappa shape index (κ2) is 7.57. The maximum atomic E-state index is 13.5. The Balaban J connectivity index is 1.38. The van der Waals surface area contributed by atoms with Crippen molar-refractivity contribution in [2.45, 2.75) is 103 Å². The van der Waals surface area contributed by atoms with Gasteiger partial charge in [0.25, 0.3) is 0 Å². The number of nitriles is 1. The molecule has 2 spiro atoms. The second-order valence-corrected chi connectivity index (χ2v) is 17.7. The van der Waals surface area contributed by atoms with E-state index in [1.807, 2.05) is 19.9 Å². The molecule has 8 atom stereocenters. The van der Waals surface area contributed by atoms with Crippen molar-refractivity contribution in [1.82, 2.24) is 4.72 Å². The predicted molar refractivity (Wildman–Crippen MR) is 155 cm³/mol. The summed E-state index contributed by atoms with van der Waals surface area (Å²) in [6, 6.07) is 2.22. The summed E-state index contributed by atoms with van der Waals surface area (Å²) in [6.45, 7) is 11.0. The molecule has 1 N–H and O–H groups in total. The minimum Gasteiger partial charge on any atom is -0.293 e. The number of nitro groups is 1. The van der Waals surface area contributed by atoms with Gasteiger partial charge in [-0.05, 0) is 80.6 Å². The van der Waals surface area contributed by atoms with E-state index in [2.05, 4.69) is 42.1 Å². The van der Waals surface area contributed by atoms with Gasteiger partial charge in [-0.3, -0.25) is 9.79 Å². The average molecular weight is 580 g/mol. The van der Waals surface area contributed by atoms with E-state index in [9.17, 15) is 24.4 Å². The van der Waals surface area contributed by atoms with Crippen LogP contribution in [0.5, 0.6) is 0 Å². The topological polar surface area (TPSA) is 138 Å². The van der Waals surface area contributed by atoms with Gasteiger partial charge in [-0.1, -0.05) is 46.3 Å². The third kappa shape index (κ3) is 3.17. The van der Waals surface area contributed by atoms with Gasteiger partial charge in [0.2, 0.25) is 5.03 Å². The van der Waals surface area contributed by atoms with Crippen LogP contribution in [0.3, 0.4) is 0 Å². The van der Waals surface area contributed by atoms with Crippen molar-refractivity contribution in [3.63, 3.8) is 0 Å². The first kappa shape index (κ1) is 27.5. The van der Waals surface area contributed by atoms with Crippen LogP contribution in [0.25, 0.3) is 0 Å². The number of aliphatic imine (C=N–C) groups is 1. The number of fused-ring (bicyclic) bond motifs is 5. The molecular formula is C31H41N5O4S. The van der Waals surface area contributed by atoms with Crippen molar-refractivity contribution in [2.24, 2.45) is 48.4 Å². The lowest BCUT2D eigenvalue weighted by Gasteiger charge is -2.69. The van der Waals surface area contributed by atoms with Gasteiger partial charge in [0.1, 0.15) is 16.1 Å². The van der Waals surface area contributed by atoms with E-state index < -0.39 is 36.9 Å². The first-order chi connectivity index (χ1) is 18.9. The summed E-state index contributed by atoms with van der Waals surface area (Å²) in [6.07, 6.45) is 14.3. The molecule has 0 saturated heterocycles. The van der Waals surface area contributed by atoms with E-state index in [0.29, 0.717) is 5.41 Å². The SMILES string of the molecule is CC1(C)C(=O)C(C#N)=C[C@]2(C)C3=CC4=N[C@]45[C@@H]4CC6(CC6)CC[C@]4(NS(C)(=O)=N[N+](=O)[O-])CC[C@@]5(C)[C@]3(C)CC[C@@H]12. The first-order valence-electron chi connectivity index (χ1n) is 15.1. The number of nitrogens with one attached hydrogen (secondary N) is 1. The summed E-state index contributed by atoms with van der Waals surface area (Å²) in [5.41, 5.74) is 0.506. The van der Waals surface area contributed by atoms with Gasteiger partial charge in [0.15, 0.2) is 15.7 Å². The van der Waals surface area contributed by atoms with Crippen LogP contribution in [0, 0.1) is 60.4 Å². The number of rotatable bonds is 3. The highest BCUT2D eigenvalue weighted by Crippen LogP contribution is 2.79. The summed E-state index contributed by atoms with van der Waals surface area (Å²) in [5, 5.41) is 20.4. The molecule has 7 aliphatic rings. The van der Waals surface area contributed by atoms with Crippen LogP contribution in [0.15, 0.2) is 32.8 Å². The Hall–Kier alpha value is -2.38. The molecule has 41 heavy (non-hydrogen) atoms.